The van der Waals surface area contributed by atoms with Crippen LogP contribution in [0.5, 0.6) is 0 Å². The molecule has 0 saturated heterocycles. The SMILES string of the molecule is CC(C)CNc1cc(C(F)(F)F)ccc1[N+](=O)[O-]. The van der Waals surface area contributed by atoms with Gasteiger partial charge >= 0.3 is 6.18 Å². The lowest BCUT2D eigenvalue weighted by atomic mass is 10.1. The summed E-state index contributed by atoms with van der Waals surface area (Å²) < 4.78 is 37.5. The molecule has 0 saturated carbocycles. The lowest BCUT2D eigenvalue weighted by Gasteiger charge is -2.12. The zero-order valence-corrected chi connectivity index (χ0v) is 9.91. The maximum absolute atomic E-state index is 12.5. The van der Waals surface area contributed by atoms with E-state index in [-0.39, 0.29) is 17.3 Å². The minimum absolute atomic E-state index is 0.108. The second-order valence-corrected chi connectivity index (χ2v) is 4.26. The Morgan fingerprint density at radius 3 is 2.44 bits per heavy atom. The molecule has 0 aliphatic rings. The predicted molar refractivity (Wildman–Crippen MR) is 61.4 cm³/mol. The summed E-state index contributed by atoms with van der Waals surface area (Å²) in [6, 6.07) is 2.34. The number of anilines is 1. The summed E-state index contributed by atoms with van der Waals surface area (Å²) in [7, 11) is 0. The summed E-state index contributed by atoms with van der Waals surface area (Å²) >= 11 is 0. The molecule has 0 aliphatic heterocycles. The molecular weight excluding hydrogens is 249 g/mol. The molecule has 1 aromatic carbocycles. The van der Waals surface area contributed by atoms with Crippen molar-refractivity contribution in [3.63, 3.8) is 0 Å². The highest BCUT2D eigenvalue weighted by atomic mass is 19.4. The molecule has 100 valence electrons. The number of nitro benzene ring substituents is 1. The van der Waals surface area contributed by atoms with Gasteiger partial charge in [0.25, 0.3) is 5.69 Å². The van der Waals surface area contributed by atoms with Crippen molar-refractivity contribution in [3.05, 3.63) is 33.9 Å². The second kappa shape index (κ2) is 5.24. The minimum atomic E-state index is -4.51. The van der Waals surface area contributed by atoms with Gasteiger partial charge in [0.15, 0.2) is 0 Å². The van der Waals surface area contributed by atoms with Crippen LogP contribution < -0.4 is 5.32 Å². The topological polar surface area (TPSA) is 55.2 Å². The third-order valence-electron chi connectivity index (χ3n) is 2.22. The lowest BCUT2D eigenvalue weighted by molar-refractivity contribution is -0.384. The number of nitrogens with zero attached hydrogens (tertiary/aromatic N) is 1. The van der Waals surface area contributed by atoms with Gasteiger partial charge < -0.3 is 5.32 Å². The van der Waals surface area contributed by atoms with Crippen molar-refractivity contribution < 1.29 is 18.1 Å². The molecule has 7 heteroatoms. The van der Waals surface area contributed by atoms with Crippen molar-refractivity contribution >= 4 is 11.4 Å². The van der Waals surface area contributed by atoms with Crippen LogP contribution in [-0.4, -0.2) is 11.5 Å². The third kappa shape index (κ3) is 3.61. The fraction of sp³-hybridized carbons (Fsp3) is 0.455. The molecule has 0 fully saturated rings. The van der Waals surface area contributed by atoms with E-state index in [1.54, 1.807) is 0 Å². The molecule has 18 heavy (non-hydrogen) atoms. The van der Waals surface area contributed by atoms with Gasteiger partial charge in [0.2, 0.25) is 0 Å². The average molecular weight is 262 g/mol. The highest BCUT2D eigenvalue weighted by molar-refractivity contribution is 5.63. The smallest absolute Gasteiger partial charge is 0.379 e. The molecule has 0 unspecified atom stereocenters. The normalized spacial score (nSPS) is 11.7. The number of rotatable bonds is 4. The van der Waals surface area contributed by atoms with E-state index in [0.29, 0.717) is 12.6 Å². The second-order valence-electron chi connectivity index (χ2n) is 4.26. The van der Waals surface area contributed by atoms with Crippen LogP contribution in [-0.2, 0) is 6.18 Å². The van der Waals surface area contributed by atoms with Crippen LogP contribution in [0.3, 0.4) is 0 Å². The first-order valence-corrected chi connectivity index (χ1v) is 5.31. The maximum Gasteiger partial charge on any atom is 0.416 e. The Bertz CT molecular complexity index is 444. The molecule has 0 bridgehead atoms. The van der Waals surface area contributed by atoms with Crippen molar-refractivity contribution in [1.29, 1.82) is 0 Å². The van der Waals surface area contributed by atoms with Crippen molar-refractivity contribution in [2.24, 2.45) is 5.92 Å². The largest absolute Gasteiger partial charge is 0.416 e. The number of nitrogens with one attached hydrogen (secondary N) is 1. The van der Waals surface area contributed by atoms with Gasteiger partial charge in [-0.1, -0.05) is 13.8 Å². The molecule has 0 aliphatic carbocycles. The van der Waals surface area contributed by atoms with Crippen LogP contribution in [0, 0.1) is 16.0 Å². The van der Waals surface area contributed by atoms with E-state index in [9.17, 15) is 23.3 Å². The van der Waals surface area contributed by atoms with Gasteiger partial charge in [-0.15, -0.1) is 0 Å². The van der Waals surface area contributed by atoms with E-state index < -0.39 is 16.7 Å². The van der Waals surface area contributed by atoms with Crippen LogP contribution in [0.4, 0.5) is 24.5 Å². The molecular formula is C11H13F3N2O2. The van der Waals surface area contributed by atoms with Gasteiger partial charge in [-0.2, -0.15) is 13.2 Å². The molecule has 4 nitrogen and oxygen atoms in total. The summed E-state index contributed by atoms with van der Waals surface area (Å²) in [6.07, 6.45) is -4.51. The summed E-state index contributed by atoms with van der Waals surface area (Å²) in [5.74, 6) is 0.166. The number of alkyl halides is 3. The highest BCUT2D eigenvalue weighted by Crippen LogP contribution is 2.34. The fourth-order valence-corrected chi connectivity index (χ4v) is 1.33. The third-order valence-corrected chi connectivity index (χ3v) is 2.22. The minimum Gasteiger partial charge on any atom is -0.379 e. The first-order chi connectivity index (χ1) is 8.21. The van der Waals surface area contributed by atoms with Gasteiger partial charge in [0.1, 0.15) is 5.69 Å². The summed E-state index contributed by atoms with van der Waals surface area (Å²) in [5.41, 5.74) is -1.37. The van der Waals surface area contributed by atoms with Crippen molar-refractivity contribution in [2.45, 2.75) is 20.0 Å². The quantitative estimate of drug-likeness (QED) is 0.665. The van der Waals surface area contributed by atoms with Gasteiger partial charge in [0.05, 0.1) is 10.5 Å². The van der Waals surface area contributed by atoms with E-state index in [4.69, 9.17) is 0 Å². The van der Waals surface area contributed by atoms with Gasteiger partial charge in [-0.05, 0) is 18.1 Å². The van der Waals surface area contributed by atoms with E-state index in [1.165, 1.54) is 0 Å². The maximum atomic E-state index is 12.5. The Hall–Kier alpha value is -1.79. The summed E-state index contributed by atoms with van der Waals surface area (Å²) in [5, 5.41) is 13.4. The average Bonchev–Trinajstić information content (AvgIpc) is 2.24. The molecule has 0 radical (unpaired) electrons. The first kappa shape index (κ1) is 14.3. The van der Waals surface area contributed by atoms with Crippen molar-refractivity contribution in [3.8, 4) is 0 Å². The molecule has 1 N–H and O–H groups in total. The Morgan fingerprint density at radius 2 is 2.00 bits per heavy atom. The fourth-order valence-electron chi connectivity index (χ4n) is 1.33. The van der Waals surface area contributed by atoms with Gasteiger partial charge in [-0.25, -0.2) is 0 Å². The molecule has 0 amide bonds. The molecule has 0 spiro atoms. The van der Waals surface area contributed by atoms with Crippen LogP contribution in [0.2, 0.25) is 0 Å². The van der Waals surface area contributed by atoms with Crippen molar-refractivity contribution in [2.75, 3.05) is 11.9 Å². The zero-order valence-electron chi connectivity index (χ0n) is 9.91. The van der Waals surface area contributed by atoms with Crippen molar-refractivity contribution in [1.82, 2.24) is 0 Å². The molecule has 0 atom stereocenters. The van der Waals surface area contributed by atoms with Crippen LogP contribution in [0.1, 0.15) is 19.4 Å². The number of halogens is 3. The molecule has 1 aromatic rings. The molecule has 0 aromatic heterocycles. The zero-order chi connectivity index (χ0) is 13.9. The predicted octanol–water partition coefficient (Wildman–Crippen LogP) is 3.68. The highest BCUT2D eigenvalue weighted by Gasteiger charge is 2.32. The first-order valence-electron chi connectivity index (χ1n) is 5.31. The Balaban J connectivity index is 3.12. The van der Waals surface area contributed by atoms with Crippen LogP contribution >= 0.6 is 0 Å². The Labute approximate surface area is 102 Å². The number of hydrogen-bond acceptors (Lipinski definition) is 3. The number of hydrogen-bond donors (Lipinski definition) is 1. The number of nitro groups is 1. The van der Waals surface area contributed by atoms with Crippen LogP contribution in [0.25, 0.3) is 0 Å². The lowest BCUT2D eigenvalue weighted by Crippen LogP contribution is -2.11. The van der Waals surface area contributed by atoms with Gasteiger partial charge in [-0.3, -0.25) is 10.1 Å². The summed E-state index contributed by atoms with van der Waals surface area (Å²) in [6.45, 7) is 4.07. The standard InChI is InChI=1S/C11H13F3N2O2/c1-7(2)6-15-9-5-8(11(12,13)14)3-4-10(9)16(17)18/h3-5,7,15H,6H2,1-2H3. The Kier molecular flexibility index (Phi) is 4.15. The monoisotopic (exact) mass is 262 g/mol. The van der Waals surface area contributed by atoms with E-state index in [0.717, 1.165) is 12.1 Å². The van der Waals surface area contributed by atoms with Crippen LogP contribution in [0.15, 0.2) is 18.2 Å². The molecule has 1 rings (SSSR count). The molecule has 0 heterocycles. The van der Waals surface area contributed by atoms with E-state index in [1.807, 2.05) is 13.8 Å². The van der Waals surface area contributed by atoms with E-state index >= 15 is 0 Å². The summed E-state index contributed by atoms with van der Waals surface area (Å²) in [4.78, 5) is 10.0. The number of benzene rings is 1. The van der Waals surface area contributed by atoms with Gasteiger partial charge in [0, 0.05) is 12.6 Å². The Morgan fingerprint density at radius 1 is 1.39 bits per heavy atom. The van der Waals surface area contributed by atoms with E-state index in [2.05, 4.69) is 5.32 Å².